The van der Waals surface area contributed by atoms with Gasteiger partial charge in [0, 0.05) is 29.4 Å². The molecular formula is C22H25N3O10S3. The van der Waals surface area contributed by atoms with Gasteiger partial charge in [-0.2, -0.15) is 25.3 Å². The minimum atomic E-state index is -4.96. The van der Waals surface area contributed by atoms with E-state index in [1.54, 1.807) is 0 Å². The van der Waals surface area contributed by atoms with Gasteiger partial charge in [0.2, 0.25) is 5.91 Å². The number of benzene rings is 3. The summed E-state index contributed by atoms with van der Waals surface area (Å²) in [6.07, 6.45) is 2.30. The van der Waals surface area contributed by atoms with E-state index in [-0.39, 0.29) is 52.3 Å². The fourth-order valence-corrected chi connectivity index (χ4v) is 7.22. The number of unbranched alkanes of at least 4 members (excludes halogenated alkanes) is 2. The highest BCUT2D eigenvalue weighted by molar-refractivity contribution is 7.87. The number of hydrazine groups is 1. The van der Waals surface area contributed by atoms with Gasteiger partial charge in [-0.25, -0.2) is 5.84 Å². The van der Waals surface area contributed by atoms with Gasteiger partial charge >= 0.3 is 0 Å². The molecule has 7 N–H and O–H groups in total. The summed E-state index contributed by atoms with van der Waals surface area (Å²) in [5.74, 6) is 4.75. The van der Waals surface area contributed by atoms with Crippen molar-refractivity contribution < 1.29 is 43.7 Å². The van der Waals surface area contributed by atoms with Crippen LogP contribution in [0.5, 0.6) is 0 Å². The summed E-state index contributed by atoms with van der Waals surface area (Å²) in [6.45, 7) is 0.359. The lowest BCUT2D eigenvalue weighted by Crippen LogP contribution is -2.29. The second-order valence-electron chi connectivity index (χ2n) is 8.89. The van der Waals surface area contributed by atoms with Gasteiger partial charge in [0.15, 0.2) is 0 Å². The van der Waals surface area contributed by atoms with Crippen LogP contribution in [0.15, 0.2) is 39.0 Å². The molecule has 0 unspecified atom stereocenters. The monoisotopic (exact) mass is 587 g/mol. The summed E-state index contributed by atoms with van der Waals surface area (Å²) in [4.78, 5) is 9.27. The van der Waals surface area contributed by atoms with E-state index >= 15 is 0 Å². The second kappa shape index (κ2) is 10.0. The van der Waals surface area contributed by atoms with E-state index < -0.39 is 45.0 Å². The number of aryl methyl sites for hydroxylation is 2. The molecule has 0 radical (unpaired) electrons. The molecule has 13 nitrogen and oxygen atoms in total. The van der Waals surface area contributed by atoms with Crippen LogP contribution in [0.25, 0.3) is 21.5 Å². The molecule has 206 valence electrons. The van der Waals surface area contributed by atoms with Crippen LogP contribution in [0.4, 0.5) is 5.69 Å². The van der Waals surface area contributed by atoms with Crippen molar-refractivity contribution in [3.63, 3.8) is 0 Å². The molecule has 16 heteroatoms. The van der Waals surface area contributed by atoms with Crippen molar-refractivity contribution in [3.8, 4) is 0 Å². The third-order valence-electron chi connectivity index (χ3n) is 6.52. The molecular weight excluding hydrogens is 562 g/mol. The van der Waals surface area contributed by atoms with Gasteiger partial charge in [0.25, 0.3) is 30.4 Å². The van der Waals surface area contributed by atoms with Crippen molar-refractivity contribution in [2.45, 2.75) is 53.2 Å². The number of carbonyl (C=O) groups excluding carboxylic acids is 1. The molecule has 0 fully saturated rings. The van der Waals surface area contributed by atoms with Crippen molar-refractivity contribution in [1.82, 2.24) is 5.43 Å². The van der Waals surface area contributed by atoms with Crippen molar-refractivity contribution in [1.29, 1.82) is 0 Å². The smallest absolute Gasteiger partial charge is 0.295 e. The summed E-state index contributed by atoms with van der Waals surface area (Å²) in [5, 5.41) is 3.28. The molecule has 38 heavy (non-hydrogen) atoms. The van der Waals surface area contributed by atoms with E-state index in [0.717, 1.165) is 0 Å². The normalized spacial score (nSPS) is 13.8. The van der Waals surface area contributed by atoms with Gasteiger partial charge in [-0.15, -0.1) is 0 Å². The summed E-state index contributed by atoms with van der Waals surface area (Å²) < 4.78 is 103. The summed E-state index contributed by atoms with van der Waals surface area (Å²) in [5.41, 5.74) is 2.97. The zero-order valence-corrected chi connectivity index (χ0v) is 22.2. The van der Waals surface area contributed by atoms with Crippen LogP contribution in [0.1, 0.15) is 36.8 Å². The summed E-state index contributed by atoms with van der Waals surface area (Å²) in [6, 6.07) is 4.41. The Hall–Kier alpha value is -2.86. The van der Waals surface area contributed by atoms with Crippen LogP contribution < -0.4 is 16.6 Å². The Bertz CT molecular complexity index is 1800. The summed E-state index contributed by atoms with van der Waals surface area (Å²) >= 11 is 0. The van der Waals surface area contributed by atoms with E-state index in [9.17, 15) is 43.7 Å². The maximum Gasteiger partial charge on any atom is 0.295 e. The van der Waals surface area contributed by atoms with Crippen LogP contribution in [-0.2, 0) is 48.0 Å². The first-order chi connectivity index (χ1) is 17.6. The van der Waals surface area contributed by atoms with Crippen LogP contribution >= 0.6 is 0 Å². The van der Waals surface area contributed by atoms with E-state index in [4.69, 9.17) is 5.84 Å². The Morgan fingerprint density at radius 2 is 1.29 bits per heavy atom. The molecule has 4 rings (SSSR count). The number of hydrogen-bond acceptors (Lipinski definition) is 9. The fraction of sp³-hybridized carbons (Fsp3) is 0.318. The van der Waals surface area contributed by atoms with Gasteiger partial charge in [0.1, 0.15) is 9.79 Å². The number of carbonyl (C=O) groups is 1. The summed E-state index contributed by atoms with van der Waals surface area (Å²) in [7, 11) is -14.7. The lowest BCUT2D eigenvalue weighted by molar-refractivity contribution is -0.121. The molecule has 0 aromatic heterocycles. The Morgan fingerprint density at radius 1 is 0.763 bits per heavy atom. The Balaban J connectivity index is 1.95. The molecule has 3 aromatic rings. The van der Waals surface area contributed by atoms with Gasteiger partial charge in [0.05, 0.1) is 4.90 Å². The SMILES string of the molecule is NNC(=O)CCCCCNc1cc(S(=O)(=O)O)c2ccc3c(S(=O)(=O)O)cc(S(=O)(=O)O)c4c3c2c1CC4. The van der Waals surface area contributed by atoms with Gasteiger partial charge < -0.3 is 5.32 Å². The third kappa shape index (κ3) is 5.33. The van der Waals surface area contributed by atoms with Crippen molar-refractivity contribution in [2.75, 3.05) is 11.9 Å². The number of amides is 1. The predicted octanol–water partition coefficient (Wildman–Crippen LogP) is 1.79. The number of nitrogens with one attached hydrogen (secondary N) is 2. The van der Waals surface area contributed by atoms with Crippen molar-refractivity contribution in [3.05, 3.63) is 35.4 Å². The second-order valence-corrected chi connectivity index (χ2v) is 13.1. The highest BCUT2D eigenvalue weighted by atomic mass is 32.2. The number of rotatable bonds is 10. The maximum atomic E-state index is 12.3. The first kappa shape index (κ1) is 28.2. The average molecular weight is 588 g/mol. The number of anilines is 1. The lowest BCUT2D eigenvalue weighted by Gasteiger charge is -2.25. The van der Waals surface area contributed by atoms with E-state index in [1.807, 2.05) is 5.43 Å². The topological polar surface area (TPSA) is 230 Å². The Labute approximate surface area is 218 Å². The number of nitrogens with two attached hydrogens (primary N) is 1. The zero-order chi connectivity index (χ0) is 28.0. The molecule has 0 bridgehead atoms. The zero-order valence-electron chi connectivity index (χ0n) is 19.8. The molecule has 0 atom stereocenters. The van der Waals surface area contributed by atoms with Gasteiger partial charge in [-0.1, -0.05) is 18.6 Å². The highest BCUT2D eigenvalue weighted by Crippen LogP contribution is 2.45. The molecule has 0 saturated heterocycles. The Kier molecular flexibility index (Phi) is 7.43. The molecule has 3 aromatic carbocycles. The standard InChI is InChI=1S/C22H25N3O10S3/c23-25-20(26)4-2-1-3-9-24-16-10-17(36(27,28)29)13-7-8-15-19(38(33,34)35)11-18(37(30,31)32)14-6-5-12(16)21(13)22(14)15/h7-8,10-11,24H,1-6,9,23H2,(H,25,26)(H,27,28,29)(H,30,31,32)(H,33,34,35). The van der Waals surface area contributed by atoms with E-state index in [2.05, 4.69) is 5.32 Å². The van der Waals surface area contributed by atoms with E-state index in [0.29, 0.717) is 43.1 Å². The predicted molar refractivity (Wildman–Crippen MR) is 138 cm³/mol. The molecule has 0 aliphatic heterocycles. The lowest BCUT2D eigenvalue weighted by atomic mass is 9.85. The minimum absolute atomic E-state index is 0.0167. The highest BCUT2D eigenvalue weighted by Gasteiger charge is 2.31. The van der Waals surface area contributed by atoms with Gasteiger partial charge in [-0.05, 0) is 59.7 Å². The average Bonchev–Trinajstić information content (AvgIpc) is 2.82. The first-order valence-electron chi connectivity index (χ1n) is 11.4. The van der Waals surface area contributed by atoms with E-state index in [1.165, 1.54) is 18.2 Å². The third-order valence-corrected chi connectivity index (χ3v) is 9.22. The van der Waals surface area contributed by atoms with Crippen LogP contribution in [0, 0.1) is 0 Å². The van der Waals surface area contributed by atoms with Crippen LogP contribution in [-0.4, -0.2) is 51.4 Å². The fourth-order valence-electron chi connectivity index (χ4n) is 4.93. The molecule has 1 aliphatic rings. The molecule has 0 heterocycles. The molecule has 1 amide bonds. The minimum Gasteiger partial charge on any atom is -0.385 e. The maximum absolute atomic E-state index is 12.3. The molecule has 0 saturated carbocycles. The van der Waals surface area contributed by atoms with Crippen LogP contribution in [0.2, 0.25) is 0 Å². The van der Waals surface area contributed by atoms with Gasteiger partial charge in [-0.3, -0.25) is 23.9 Å². The number of hydrogen-bond donors (Lipinski definition) is 6. The van der Waals surface area contributed by atoms with Crippen LogP contribution in [0.3, 0.4) is 0 Å². The molecule has 1 aliphatic carbocycles. The quantitative estimate of drug-likeness (QED) is 0.0498. The molecule has 0 spiro atoms. The Morgan fingerprint density at radius 3 is 1.84 bits per heavy atom. The largest absolute Gasteiger partial charge is 0.385 e. The van der Waals surface area contributed by atoms with Crippen molar-refractivity contribution in [2.24, 2.45) is 5.84 Å². The van der Waals surface area contributed by atoms with Crippen molar-refractivity contribution >= 4 is 63.5 Å². The first-order valence-corrected chi connectivity index (χ1v) is 15.7.